The minimum Gasteiger partial charge on any atom is -0.481 e. The van der Waals surface area contributed by atoms with Gasteiger partial charge in [-0.25, -0.2) is 0 Å². The lowest BCUT2D eigenvalue weighted by atomic mass is 10.0. The number of H-pyrrole nitrogens is 1. The van der Waals surface area contributed by atoms with Crippen LogP contribution in [0.15, 0.2) is 36.4 Å². The molecule has 0 spiro atoms. The van der Waals surface area contributed by atoms with E-state index in [1.165, 1.54) is 12.1 Å². The van der Waals surface area contributed by atoms with Gasteiger partial charge in [-0.3, -0.25) is 14.9 Å². The summed E-state index contributed by atoms with van der Waals surface area (Å²) in [4.78, 5) is 24.5. The Labute approximate surface area is 112 Å². The van der Waals surface area contributed by atoms with E-state index < -0.39 is 10.9 Å². The average molecular weight is 270 g/mol. The van der Waals surface area contributed by atoms with Crippen molar-refractivity contribution in [1.82, 2.24) is 4.98 Å². The van der Waals surface area contributed by atoms with Gasteiger partial charge in [0.25, 0.3) is 5.69 Å². The molecule has 2 N–H and O–H groups in total. The number of benzene rings is 2. The second kappa shape index (κ2) is 4.34. The Bertz CT molecular complexity index is 851. The molecule has 2 aromatic carbocycles. The molecule has 1 aromatic heterocycles. The lowest BCUT2D eigenvalue weighted by Crippen LogP contribution is -2.00. The number of non-ortho nitro benzene ring substituents is 1. The molecular formula is C14H10N2O4. The predicted molar refractivity (Wildman–Crippen MR) is 73.8 cm³/mol. The van der Waals surface area contributed by atoms with E-state index in [0.29, 0.717) is 10.9 Å². The Kier molecular flexibility index (Phi) is 2.64. The van der Waals surface area contributed by atoms with E-state index in [9.17, 15) is 14.9 Å². The molecule has 0 unspecified atom stereocenters. The van der Waals surface area contributed by atoms with E-state index in [1.807, 2.05) is 6.07 Å². The summed E-state index contributed by atoms with van der Waals surface area (Å²) in [6, 6.07) is 9.85. The molecule has 0 radical (unpaired) electrons. The quantitative estimate of drug-likeness (QED) is 0.565. The molecule has 1 heterocycles. The van der Waals surface area contributed by atoms with Gasteiger partial charge in [-0.05, 0) is 17.7 Å². The Morgan fingerprint density at radius 2 is 2.05 bits per heavy atom. The minimum absolute atomic E-state index is 0.0106. The molecule has 20 heavy (non-hydrogen) atoms. The lowest BCUT2D eigenvalue weighted by molar-refractivity contribution is -0.384. The highest BCUT2D eigenvalue weighted by Crippen LogP contribution is 2.31. The van der Waals surface area contributed by atoms with Gasteiger partial charge >= 0.3 is 5.97 Å². The molecule has 0 saturated carbocycles. The van der Waals surface area contributed by atoms with Crippen LogP contribution in [-0.2, 0) is 11.2 Å². The summed E-state index contributed by atoms with van der Waals surface area (Å²) in [5.41, 5.74) is 2.16. The Balaban J connectivity index is 2.36. The molecule has 0 aliphatic rings. The van der Waals surface area contributed by atoms with Crippen LogP contribution in [0.5, 0.6) is 0 Å². The summed E-state index contributed by atoms with van der Waals surface area (Å²) in [7, 11) is 0. The number of rotatable bonds is 3. The molecule has 0 bridgehead atoms. The van der Waals surface area contributed by atoms with Crippen molar-refractivity contribution in [2.75, 3.05) is 0 Å². The Hall–Kier alpha value is -2.89. The molecule has 6 nitrogen and oxygen atoms in total. The molecule has 100 valence electrons. The van der Waals surface area contributed by atoms with Crippen molar-refractivity contribution < 1.29 is 14.8 Å². The molecule has 0 aliphatic heterocycles. The Morgan fingerprint density at radius 1 is 1.25 bits per heavy atom. The number of aliphatic carboxylic acids is 1. The first-order chi connectivity index (χ1) is 9.56. The number of aromatic amines is 1. The van der Waals surface area contributed by atoms with Crippen molar-refractivity contribution in [3.63, 3.8) is 0 Å². The largest absolute Gasteiger partial charge is 0.481 e. The summed E-state index contributed by atoms with van der Waals surface area (Å²) >= 11 is 0. The highest BCUT2D eigenvalue weighted by atomic mass is 16.6. The first-order valence-corrected chi connectivity index (χ1v) is 5.96. The predicted octanol–water partition coefficient (Wildman–Crippen LogP) is 2.86. The van der Waals surface area contributed by atoms with Gasteiger partial charge in [0.1, 0.15) is 0 Å². The van der Waals surface area contributed by atoms with Crippen LogP contribution in [0.4, 0.5) is 5.69 Å². The topological polar surface area (TPSA) is 96.2 Å². The maximum absolute atomic E-state index is 10.9. The van der Waals surface area contributed by atoms with E-state index in [2.05, 4.69) is 4.98 Å². The number of fused-ring (bicyclic) bond motifs is 3. The molecule has 3 rings (SSSR count). The maximum Gasteiger partial charge on any atom is 0.307 e. The molecule has 3 aromatic rings. The summed E-state index contributed by atoms with van der Waals surface area (Å²) < 4.78 is 0. The summed E-state index contributed by atoms with van der Waals surface area (Å²) in [5.74, 6) is -0.933. The van der Waals surface area contributed by atoms with Crippen LogP contribution in [0.2, 0.25) is 0 Å². The standard InChI is InChI=1S/C14H10N2O4/c17-13(18)6-8-2-1-3-12-14(8)10-7-9(16(19)20)4-5-11(10)15-12/h1-5,7,15H,6H2,(H,17,18). The number of nitro groups is 1. The Morgan fingerprint density at radius 3 is 2.75 bits per heavy atom. The number of carbonyl (C=O) groups is 1. The van der Waals surface area contributed by atoms with Gasteiger partial charge in [-0.2, -0.15) is 0 Å². The van der Waals surface area contributed by atoms with Crippen molar-refractivity contribution in [2.45, 2.75) is 6.42 Å². The summed E-state index contributed by atoms with van der Waals surface area (Å²) in [6.07, 6.45) is -0.118. The van der Waals surface area contributed by atoms with Gasteiger partial charge in [0, 0.05) is 33.9 Å². The fraction of sp³-hybridized carbons (Fsp3) is 0.0714. The number of hydrogen-bond donors (Lipinski definition) is 2. The molecule has 0 atom stereocenters. The second-order valence-electron chi connectivity index (χ2n) is 4.52. The van der Waals surface area contributed by atoms with Crippen molar-refractivity contribution in [3.05, 3.63) is 52.1 Å². The third-order valence-corrected chi connectivity index (χ3v) is 3.25. The zero-order valence-electron chi connectivity index (χ0n) is 10.3. The van der Waals surface area contributed by atoms with Crippen molar-refractivity contribution >= 4 is 33.5 Å². The first kappa shape index (κ1) is 12.2. The number of nitrogens with zero attached hydrogens (tertiary/aromatic N) is 1. The summed E-state index contributed by atoms with van der Waals surface area (Å²) in [5, 5.41) is 21.2. The lowest BCUT2D eigenvalue weighted by Gasteiger charge is -2.00. The van der Waals surface area contributed by atoms with Gasteiger partial charge < -0.3 is 10.1 Å². The zero-order valence-corrected chi connectivity index (χ0v) is 10.3. The zero-order chi connectivity index (χ0) is 14.3. The number of hydrogen-bond acceptors (Lipinski definition) is 3. The normalized spacial score (nSPS) is 11.0. The van der Waals surface area contributed by atoms with Crippen molar-refractivity contribution in [1.29, 1.82) is 0 Å². The summed E-state index contributed by atoms with van der Waals surface area (Å²) in [6.45, 7) is 0. The van der Waals surface area contributed by atoms with Crippen molar-refractivity contribution in [2.24, 2.45) is 0 Å². The van der Waals surface area contributed by atoms with Crippen LogP contribution in [0.3, 0.4) is 0 Å². The molecule has 0 fully saturated rings. The molecule has 0 amide bonds. The fourth-order valence-electron chi connectivity index (χ4n) is 2.44. The number of carboxylic acids is 1. The van der Waals surface area contributed by atoms with Crippen molar-refractivity contribution in [3.8, 4) is 0 Å². The first-order valence-electron chi connectivity index (χ1n) is 5.96. The van der Waals surface area contributed by atoms with E-state index in [4.69, 9.17) is 5.11 Å². The maximum atomic E-state index is 10.9. The smallest absolute Gasteiger partial charge is 0.307 e. The van der Waals surface area contributed by atoms with Gasteiger partial charge in [0.2, 0.25) is 0 Å². The molecule has 0 saturated heterocycles. The monoisotopic (exact) mass is 270 g/mol. The van der Waals surface area contributed by atoms with Gasteiger partial charge in [-0.1, -0.05) is 12.1 Å². The van der Waals surface area contributed by atoms with Crippen LogP contribution < -0.4 is 0 Å². The van der Waals surface area contributed by atoms with Crippen LogP contribution in [-0.4, -0.2) is 21.0 Å². The van der Waals surface area contributed by atoms with E-state index in [1.54, 1.807) is 18.2 Å². The fourth-order valence-corrected chi connectivity index (χ4v) is 2.44. The van der Waals surface area contributed by atoms with Gasteiger partial charge in [-0.15, -0.1) is 0 Å². The number of nitro benzene ring substituents is 1. The average Bonchev–Trinajstić information content (AvgIpc) is 2.76. The highest BCUT2D eigenvalue weighted by molar-refractivity contribution is 6.10. The van der Waals surface area contributed by atoms with E-state index in [-0.39, 0.29) is 12.1 Å². The van der Waals surface area contributed by atoms with Crippen LogP contribution >= 0.6 is 0 Å². The van der Waals surface area contributed by atoms with Crippen LogP contribution in [0.25, 0.3) is 21.8 Å². The minimum atomic E-state index is -0.933. The van der Waals surface area contributed by atoms with Crippen LogP contribution in [0.1, 0.15) is 5.56 Å². The highest BCUT2D eigenvalue weighted by Gasteiger charge is 2.14. The number of nitrogens with one attached hydrogen (secondary N) is 1. The SMILES string of the molecule is O=C(O)Cc1cccc2[nH]c3ccc([N+](=O)[O-])cc3c12. The number of carboxylic acid groups (broad SMARTS) is 1. The molecular weight excluding hydrogens is 260 g/mol. The van der Waals surface area contributed by atoms with Gasteiger partial charge in [0.15, 0.2) is 0 Å². The second-order valence-corrected chi connectivity index (χ2v) is 4.52. The number of aromatic nitrogens is 1. The molecule has 0 aliphatic carbocycles. The third kappa shape index (κ3) is 1.87. The van der Waals surface area contributed by atoms with E-state index in [0.717, 1.165) is 16.4 Å². The molecule has 6 heteroatoms. The van der Waals surface area contributed by atoms with E-state index >= 15 is 0 Å². The van der Waals surface area contributed by atoms with Gasteiger partial charge in [0.05, 0.1) is 11.3 Å². The van der Waals surface area contributed by atoms with Crippen LogP contribution in [0, 0.1) is 10.1 Å². The third-order valence-electron chi connectivity index (χ3n) is 3.25.